The predicted octanol–water partition coefficient (Wildman–Crippen LogP) is 3.64. The fourth-order valence-electron chi connectivity index (χ4n) is 2.54. The zero-order valence-electron chi connectivity index (χ0n) is 15.1. The van der Waals surface area contributed by atoms with Gasteiger partial charge in [0.05, 0.1) is 12.8 Å². The number of carbonyl (C=O) groups excluding carboxylic acids is 1. The molecule has 0 fully saturated rings. The summed E-state index contributed by atoms with van der Waals surface area (Å²) in [7, 11) is 0. The van der Waals surface area contributed by atoms with Gasteiger partial charge in [-0.05, 0) is 35.7 Å². The molecule has 0 spiro atoms. The number of carbonyl (C=O) groups is 2. The van der Waals surface area contributed by atoms with Crippen LogP contribution < -0.4 is 10.1 Å². The van der Waals surface area contributed by atoms with Crippen LogP contribution in [0.3, 0.4) is 0 Å². The molecule has 0 radical (unpaired) electrons. The predicted molar refractivity (Wildman–Crippen MR) is 95.9 cm³/mol. The minimum absolute atomic E-state index is 0.261. The van der Waals surface area contributed by atoms with Crippen molar-refractivity contribution in [3.63, 3.8) is 0 Å². The highest BCUT2D eigenvalue weighted by atomic mass is 19.4. The van der Waals surface area contributed by atoms with Gasteiger partial charge in [-0.2, -0.15) is 13.2 Å². The number of amides is 1. The molecule has 2 rings (SSSR count). The Kier molecular flexibility index (Phi) is 7.03. The molecule has 28 heavy (non-hydrogen) atoms. The van der Waals surface area contributed by atoms with Crippen LogP contribution in [-0.2, 0) is 22.6 Å². The molecule has 0 heterocycles. The topological polar surface area (TPSA) is 75.6 Å². The maximum absolute atomic E-state index is 12.4. The van der Waals surface area contributed by atoms with Crippen LogP contribution in [0.15, 0.2) is 48.5 Å². The maximum Gasteiger partial charge on any atom is 0.391 e. The molecule has 8 heteroatoms. The van der Waals surface area contributed by atoms with Crippen molar-refractivity contribution in [3.8, 4) is 5.75 Å². The molecule has 1 amide bonds. The van der Waals surface area contributed by atoms with Crippen molar-refractivity contribution in [2.24, 2.45) is 0 Å². The van der Waals surface area contributed by atoms with Gasteiger partial charge in [-0.1, -0.05) is 36.4 Å². The Balaban J connectivity index is 1.96. The van der Waals surface area contributed by atoms with Gasteiger partial charge in [0, 0.05) is 0 Å². The average molecular weight is 395 g/mol. The highest BCUT2D eigenvalue weighted by molar-refractivity contribution is 5.84. The summed E-state index contributed by atoms with van der Waals surface area (Å²) in [6, 6.07) is 12.2. The fourth-order valence-corrected chi connectivity index (χ4v) is 2.54. The van der Waals surface area contributed by atoms with E-state index in [2.05, 4.69) is 0 Å². The lowest BCUT2D eigenvalue weighted by Gasteiger charge is -2.16. The third-order valence-corrected chi connectivity index (χ3v) is 3.99. The van der Waals surface area contributed by atoms with Gasteiger partial charge in [0.15, 0.2) is 0 Å². The number of halogens is 3. The first-order valence-electron chi connectivity index (χ1n) is 8.49. The van der Waals surface area contributed by atoms with E-state index in [0.717, 1.165) is 11.1 Å². The Labute approximate surface area is 160 Å². The summed E-state index contributed by atoms with van der Waals surface area (Å²) in [5.41, 5.74) is 2.57. The van der Waals surface area contributed by atoms with Crippen LogP contribution in [0.4, 0.5) is 13.2 Å². The molecule has 0 aliphatic heterocycles. The lowest BCUT2D eigenvalue weighted by atomic mass is 10.1. The summed E-state index contributed by atoms with van der Waals surface area (Å²) in [4.78, 5) is 22.9. The van der Waals surface area contributed by atoms with E-state index in [1.807, 2.05) is 36.5 Å². The third-order valence-electron chi connectivity index (χ3n) is 3.99. The zero-order chi connectivity index (χ0) is 20.7. The summed E-state index contributed by atoms with van der Waals surface area (Å²) in [5.74, 6) is -2.05. The van der Waals surface area contributed by atoms with Gasteiger partial charge in [0.1, 0.15) is 18.4 Å². The van der Waals surface area contributed by atoms with Crippen LogP contribution in [0.5, 0.6) is 5.75 Å². The number of rotatable bonds is 8. The van der Waals surface area contributed by atoms with E-state index < -0.39 is 30.5 Å². The van der Waals surface area contributed by atoms with Crippen molar-refractivity contribution < 1.29 is 32.6 Å². The van der Waals surface area contributed by atoms with E-state index in [4.69, 9.17) is 9.84 Å². The van der Waals surface area contributed by atoms with E-state index in [0.29, 0.717) is 17.9 Å². The molecular formula is C20H20F3NO4. The minimum Gasteiger partial charge on any atom is -0.489 e. The summed E-state index contributed by atoms with van der Waals surface area (Å²) in [6.45, 7) is 2.29. The number of alkyl halides is 3. The Morgan fingerprint density at radius 3 is 2.50 bits per heavy atom. The standard InChI is InChI=1S/C20H20F3NO4/c1-13-5-2-3-7-15(13)12-28-16-8-4-6-14(9-16)10-18(25)24-17(19(26)27)11-20(21,22)23/h2-9,17H,10-12H2,1H3,(H,24,25)(H,26,27). The molecule has 0 aliphatic carbocycles. The van der Waals surface area contributed by atoms with E-state index in [-0.39, 0.29) is 6.42 Å². The van der Waals surface area contributed by atoms with Crippen molar-refractivity contribution in [2.45, 2.75) is 38.6 Å². The smallest absolute Gasteiger partial charge is 0.391 e. The number of hydrogen-bond acceptors (Lipinski definition) is 3. The number of carboxylic acids is 1. The van der Waals surface area contributed by atoms with Crippen LogP contribution in [0, 0.1) is 6.92 Å². The van der Waals surface area contributed by atoms with Crippen molar-refractivity contribution in [1.82, 2.24) is 5.32 Å². The molecule has 150 valence electrons. The molecule has 0 aliphatic rings. The first-order chi connectivity index (χ1) is 13.1. The number of ether oxygens (including phenoxy) is 1. The molecular weight excluding hydrogens is 375 g/mol. The molecule has 0 saturated heterocycles. The quantitative estimate of drug-likeness (QED) is 0.716. The van der Waals surface area contributed by atoms with Gasteiger partial charge in [0.2, 0.25) is 5.91 Å². The Morgan fingerprint density at radius 2 is 1.86 bits per heavy atom. The second-order valence-electron chi connectivity index (χ2n) is 6.32. The van der Waals surface area contributed by atoms with E-state index >= 15 is 0 Å². The SMILES string of the molecule is Cc1ccccc1COc1cccc(CC(=O)NC(CC(F)(F)F)C(=O)O)c1. The average Bonchev–Trinajstić information content (AvgIpc) is 2.59. The van der Waals surface area contributed by atoms with Gasteiger partial charge in [-0.3, -0.25) is 4.79 Å². The normalized spacial score (nSPS) is 12.3. The molecule has 1 atom stereocenters. The Hall–Kier alpha value is -3.03. The number of carboxylic acid groups (broad SMARTS) is 1. The lowest BCUT2D eigenvalue weighted by Crippen LogP contribution is -2.44. The Morgan fingerprint density at radius 1 is 1.14 bits per heavy atom. The van der Waals surface area contributed by atoms with Crippen LogP contribution in [0.2, 0.25) is 0 Å². The number of benzene rings is 2. The maximum atomic E-state index is 12.4. The molecule has 2 N–H and O–H groups in total. The summed E-state index contributed by atoms with van der Waals surface area (Å²) < 4.78 is 43.0. The molecule has 1 unspecified atom stereocenters. The zero-order valence-corrected chi connectivity index (χ0v) is 15.1. The van der Waals surface area contributed by atoms with Crippen LogP contribution in [0.1, 0.15) is 23.1 Å². The van der Waals surface area contributed by atoms with Gasteiger partial charge < -0.3 is 15.2 Å². The molecule has 2 aromatic carbocycles. The molecule has 5 nitrogen and oxygen atoms in total. The minimum atomic E-state index is -4.69. The van der Waals surface area contributed by atoms with Crippen molar-refractivity contribution in [2.75, 3.05) is 0 Å². The second-order valence-corrected chi connectivity index (χ2v) is 6.32. The van der Waals surface area contributed by atoms with E-state index in [1.165, 1.54) is 0 Å². The Bertz CT molecular complexity index is 836. The van der Waals surface area contributed by atoms with Gasteiger partial charge in [-0.25, -0.2) is 4.79 Å². The molecule has 0 bridgehead atoms. The summed E-state index contributed by atoms with van der Waals surface area (Å²) in [5, 5.41) is 10.8. The van der Waals surface area contributed by atoms with Crippen LogP contribution in [-0.4, -0.2) is 29.2 Å². The largest absolute Gasteiger partial charge is 0.489 e. The number of hydrogen-bond donors (Lipinski definition) is 2. The van der Waals surface area contributed by atoms with Crippen molar-refractivity contribution in [1.29, 1.82) is 0 Å². The van der Waals surface area contributed by atoms with Crippen LogP contribution >= 0.6 is 0 Å². The number of aryl methyl sites for hydroxylation is 1. The third kappa shape index (κ3) is 6.94. The molecule has 0 aromatic heterocycles. The van der Waals surface area contributed by atoms with E-state index in [1.54, 1.807) is 24.3 Å². The van der Waals surface area contributed by atoms with Crippen LogP contribution in [0.25, 0.3) is 0 Å². The first kappa shape index (κ1) is 21.3. The lowest BCUT2D eigenvalue weighted by molar-refractivity contribution is -0.159. The fraction of sp³-hybridized carbons (Fsp3) is 0.300. The second kappa shape index (κ2) is 9.25. The molecule has 0 saturated carbocycles. The van der Waals surface area contributed by atoms with Gasteiger partial charge in [0.25, 0.3) is 0 Å². The number of nitrogens with one attached hydrogen (secondary N) is 1. The highest BCUT2D eigenvalue weighted by Crippen LogP contribution is 2.22. The summed E-state index contributed by atoms with van der Waals surface area (Å²) >= 11 is 0. The molecule has 2 aromatic rings. The highest BCUT2D eigenvalue weighted by Gasteiger charge is 2.36. The van der Waals surface area contributed by atoms with Gasteiger partial charge in [-0.15, -0.1) is 0 Å². The van der Waals surface area contributed by atoms with E-state index in [9.17, 15) is 22.8 Å². The first-order valence-corrected chi connectivity index (χ1v) is 8.49. The monoisotopic (exact) mass is 395 g/mol. The summed E-state index contributed by atoms with van der Waals surface area (Å²) in [6.07, 6.45) is -6.59. The van der Waals surface area contributed by atoms with Crippen molar-refractivity contribution >= 4 is 11.9 Å². The van der Waals surface area contributed by atoms with Gasteiger partial charge >= 0.3 is 12.1 Å². The number of aliphatic carboxylic acids is 1. The van der Waals surface area contributed by atoms with Crippen molar-refractivity contribution in [3.05, 3.63) is 65.2 Å².